The molecule has 0 heterocycles. The summed E-state index contributed by atoms with van der Waals surface area (Å²) in [7, 11) is 0. The second-order valence-corrected chi connectivity index (χ2v) is 3.44. The zero-order chi connectivity index (χ0) is 11.2. The number of hydrogen-bond donors (Lipinski definition) is 0. The van der Waals surface area contributed by atoms with Gasteiger partial charge in [0.2, 0.25) is 4.87 Å². The van der Waals surface area contributed by atoms with Gasteiger partial charge in [-0.05, 0) is 6.92 Å². The normalized spacial score (nSPS) is 16.1. The molecule has 0 aliphatic rings. The molecule has 0 fully saturated rings. The van der Waals surface area contributed by atoms with E-state index in [-0.39, 0.29) is 13.0 Å². The molecular formula is C9H12ClNO3. The van der Waals surface area contributed by atoms with Gasteiger partial charge >= 0.3 is 5.97 Å². The van der Waals surface area contributed by atoms with Gasteiger partial charge in [-0.25, -0.2) is 4.79 Å². The summed E-state index contributed by atoms with van der Waals surface area (Å²) >= 11 is 5.79. The van der Waals surface area contributed by atoms with E-state index in [9.17, 15) is 9.59 Å². The van der Waals surface area contributed by atoms with Gasteiger partial charge in [-0.3, -0.25) is 0 Å². The second kappa shape index (κ2) is 5.61. The molecule has 0 spiro atoms. The third-order valence-corrected chi connectivity index (χ3v) is 2.48. The molecule has 0 amide bonds. The molecule has 0 aromatic carbocycles. The Labute approximate surface area is 87.8 Å². The lowest BCUT2D eigenvalue weighted by Gasteiger charge is -2.22. The Morgan fingerprint density at radius 1 is 1.79 bits per heavy atom. The number of carbonyl (C=O) groups is 2. The van der Waals surface area contributed by atoms with Gasteiger partial charge in [-0.2, -0.15) is 5.26 Å². The molecule has 0 aromatic rings. The van der Waals surface area contributed by atoms with Crippen molar-refractivity contribution in [2.24, 2.45) is 5.92 Å². The number of nitriles is 1. The summed E-state index contributed by atoms with van der Waals surface area (Å²) in [5, 5.41) is 8.78. The average Bonchev–Trinajstić information content (AvgIpc) is 2.17. The van der Waals surface area contributed by atoms with Crippen molar-refractivity contribution >= 4 is 23.9 Å². The summed E-state index contributed by atoms with van der Waals surface area (Å²) in [6.45, 7) is 3.33. The van der Waals surface area contributed by atoms with Crippen LogP contribution >= 0.6 is 11.6 Å². The molecule has 0 aliphatic heterocycles. The van der Waals surface area contributed by atoms with Crippen molar-refractivity contribution < 1.29 is 14.3 Å². The monoisotopic (exact) mass is 217 g/mol. The van der Waals surface area contributed by atoms with Crippen molar-refractivity contribution in [3.63, 3.8) is 0 Å². The number of ether oxygens (including phenoxy) is 1. The van der Waals surface area contributed by atoms with Crippen molar-refractivity contribution in [1.29, 1.82) is 5.26 Å². The fraction of sp³-hybridized carbons (Fsp3) is 0.667. The molecule has 0 N–H and O–H groups in total. The molecule has 2 unspecified atom stereocenters. The quantitative estimate of drug-likeness (QED) is 0.395. The first-order valence-electron chi connectivity index (χ1n) is 4.23. The summed E-state index contributed by atoms with van der Waals surface area (Å²) in [4.78, 5) is 19.8. The molecule has 0 saturated heterocycles. The number of alkyl halides is 1. The van der Waals surface area contributed by atoms with E-state index in [1.807, 2.05) is 0 Å². The van der Waals surface area contributed by atoms with Gasteiger partial charge in [0, 0.05) is 12.3 Å². The first kappa shape index (κ1) is 12.9. The standard InChI is InChI=1S/C9H12ClNO3/c1-3-14-8(13)9(10,6-11)7(2)4-5-12/h5,7H,3-4H2,1-2H3. The molecular weight excluding hydrogens is 206 g/mol. The van der Waals surface area contributed by atoms with Crippen LogP contribution in [0.1, 0.15) is 20.3 Å². The maximum atomic E-state index is 11.3. The number of halogens is 1. The van der Waals surface area contributed by atoms with E-state index < -0.39 is 16.8 Å². The van der Waals surface area contributed by atoms with Crippen molar-refractivity contribution in [3.8, 4) is 6.07 Å². The van der Waals surface area contributed by atoms with Gasteiger partial charge < -0.3 is 9.53 Å². The lowest BCUT2D eigenvalue weighted by atomic mass is 9.92. The predicted octanol–water partition coefficient (Wildman–Crippen LogP) is 1.28. The van der Waals surface area contributed by atoms with Crippen LogP contribution in [0.15, 0.2) is 0 Å². The molecule has 0 rings (SSSR count). The molecule has 2 atom stereocenters. The minimum atomic E-state index is -1.75. The van der Waals surface area contributed by atoms with Crippen LogP contribution in [0.3, 0.4) is 0 Å². The fourth-order valence-electron chi connectivity index (χ4n) is 0.900. The number of carbonyl (C=O) groups excluding carboxylic acids is 2. The Morgan fingerprint density at radius 2 is 2.36 bits per heavy atom. The highest BCUT2D eigenvalue weighted by Crippen LogP contribution is 2.28. The predicted molar refractivity (Wildman–Crippen MR) is 50.7 cm³/mol. The number of hydrogen-bond acceptors (Lipinski definition) is 4. The fourth-order valence-corrected chi connectivity index (χ4v) is 1.04. The number of rotatable bonds is 5. The van der Waals surface area contributed by atoms with Gasteiger partial charge in [-0.15, -0.1) is 0 Å². The Morgan fingerprint density at radius 3 is 2.71 bits per heavy atom. The number of nitrogens with zero attached hydrogens (tertiary/aromatic N) is 1. The largest absolute Gasteiger partial charge is 0.464 e. The Hall–Kier alpha value is -1.08. The topological polar surface area (TPSA) is 67.2 Å². The van der Waals surface area contributed by atoms with Crippen molar-refractivity contribution in [1.82, 2.24) is 0 Å². The third kappa shape index (κ3) is 2.71. The molecule has 4 nitrogen and oxygen atoms in total. The Balaban J connectivity index is 4.70. The minimum absolute atomic E-state index is 0.0515. The zero-order valence-corrected chi connectivity index (χ0v) is 8.87. The number of aldehydes is 1. The Kier molecular flexibility index (Phi) is 5.18. The van der Waals surface area contributed by atoms with Crippen LogP contribution in [0.2, 0.25) is 0 Å². The van der Waals surface area contributed by atoms with E-state index in [0.29, 0.717) is 6.29 Å². The van der Waals surface area contributed by atoms with Crippen LogP contribution in [-0.4, -0.2) is 23.7 Å². The van der Waals surface area contributed by atoms with Gasteiger partial charge in [0.05, 0.1) is 12.7 Å². The van der Waals surface area contributed by atoms with Gasteiger partial charge in [0.1, 0.15) is 6.29 Å². The van der Waals surface area contributed by atoms with Crippen LogP contribution in [0.5, 0.6) is 0 Å². The molecule has 78 valence electrons. The second-order valence-electron chi connectivity index (χ2n) is 2.85. The van der Waals surface area contributed by atoms with E-state index in [1.165, 1.54) is 0 Å². The first-order chi connectivity index (χ1) is 6.52. The van der Waals surface area contributed by atoms with E-state index >= 15 is 0 Å². The summed E-state index contributed by atoms with van der Waals surface area (Å²) in [5.74, 6) is -1.36. The zero-order valence-electron chi connectivity index (χ0n) is 8.12. The van der Waals surface area contributed by atoms with Crippen LogP contribution in [0.4, 0.5) is 0 Å². The molecule has 5 heteroatoms. The maximum Gasteiger partial charge on any atom is 0.342 e. The highest BCUT2D eigenvalue weighted by atomic mass is 35.5. The highest BCUT2D eigenvalue weighted by Gasteiger charge is 2.43. The Bertz CT molecular complexity index is 261. The third-order valence-electron chi connectivity index (χ3n) is 1.86. The van der Waals surface area contributed by atoms with Crippen molar-refractivity contribution in [2.45, 2.75) is 25.1 Å². The van der Waals surface area contributed by atoms with Crippen LogP contribution in [0, 0.1) is 17.2 Å². The van der Waals surface area contributed by atoms with E-state index in [1.54, 1.807) is 19.9 Å². The maximum absolute atomic E-state index is 11.3. The summed E-state index contributed by atoms with van der Waals surface area (Å²) in [6, 6.07) is 1.68. The summed E-state index contributed by atoms with van der Waals surface area (Å²) in [5.41, 5.74) is 0. The lowest BCUT2D eigenvalue weighted by Crippen LogP contribution is -2.39. The lowest BCUT2D eigenvalue weighted by molar-refractivity contribution is -0.146. The summed E-state index contributed by atoms with van der Waals surface area (Å²) in [6.07, 6.45) is 0.675. The average molecular weight is 218 g/mol. The van der Waals surface area contributed by atoms with Gasteiger partial charge in [0.25, 0.3) is 0 Å². The van der Waals surface area contributed by atoms with Crippen LogP contribution < -0.4 is 0 Å². The smallest absolute Gasteiger partial charge is 0.342 e. The molecule has 14 heavy (non-hydrogen) atoms. The van der Waals surface area contributed by atoms with E-state index in [4.69, 9.17) is 16.9 Å². The molecule has 0 saturated carbocycles. The van der Waals surface area contributed by atoms with Crippen molar-refractivity contribution in [2.75, 3.05) is 6.61 Å². The van der Waals surface area contributed by atoms with Gasteiger partial charge in [0.15, 0.2) is 0 Å². The van der Waals surface area contributed by atoms with Crippen LogP contribution in [0.25, 0.3) is 0 Å². The van der Waals surface area contributed by atoms with Crippen molar-refractivity contribution in [3.05, 3.63) is 0 Å². The molecule has 0 radical (unpaired) electrons. The molecule has 0 bridgehead atoms. The first-order valence-corrected chi connectivity index (χ1v) is 4.61. The minimum Gasteiger partial charge on any atom is -0.464 e. The summed E-state index contributed by atoms with van der Waals surface area (Å²) < 4.78 is 4.66. The van der Waals surface area contributed by atoms with Gasteiger partial charge in [-0.1, -0.05) is 18.5 Å². The SMILES string of the molecule is CCOC(=O)C(Cl)(C#N)C(C)CC=O. The van der Waals surface area contributed by atoms with E-state index in [2.05, 4.69) is 4.74 Å². The highest BCUT2D eigenvalue weighted by molar-refractivity contribution is 6.36. The molecule has 0 aromatic heterocycles. The number of esters is 1. The van der Waals surface area contributed by atoms with E-state index in [0.717, 1.165) is 0 Å². The van der Waals surface area contributed by atoms with Crippen LogP contribution in [-0.2, 0) is 14.3 Å². The molecule has 0 aliphatic carbocycles.